The zero-order valence-corrected chi connectivity index (χ0v) is 75.3. The summed E-state index contributed by atoms with van der Waals surface area (Å²) in [6.45, 7) is 42.5. The molecular weight excluding hydrogens is 1670 g/mol. The summed E-state index contributed by atoms with van der Waals surface area (Å²) in [5.74, 6) is 1.53. The maximum Gasteiger partial charge on any atom is 0.312 e. The van der Waals surface area contributed by atoms with Crippen molar-refractivity contribution in [3.63, 3.8) is 0 Å². The van der Waals surface area contributed by atoms with Crippen LogP contribution in [0.15, 0.2) is 220 Å². The normalized spacial score (nSPS) is 13.6. The quantitative estimate of drug-likeness (QED) is 0.00951. The molecule has 6 aromatic carbocycles. The third kappa shape index (κ3) is 27.6. The highest BCUT2D eigenvalue weighted by molar-refractivity contribution is 6.28. The number of aromatic amines is 1. The first kappa shape index (κ1) is 96.7. The average Bonchev–Trinajstić information content (AvgIpc) is 1.63. The number of methoxy groups -OCH3 is 1. The van der Waals surface area contributed by atoms with Gasteiger partial charge >= 0.3 is 11.9 Å². The summed E-state index contributed by atoms with van der Waals surface area (Å²) >= 11 is 6.08. The number of nitrogens with zero attached hydrogens (tertiary/aromatic N) is 14. The predicted molar refractivity (Wildman–Crippen MR) is 517 cm³/mol. The van der Waals surface area contributed by atoms with Crippen molar-refractivity contribution in [2.24, 2.45) is 10.8 Å². The van der Waals surface area contributed by atoms with Gasteiger partial charge in [-0.25, -0.2) is 0 Å². The fourth-order valence-electron chi connectivity index (χ4n) is 14.0. The maximum absolute atomic E-state index is 12.5. The molecule has 12 aromatic rings. The topological polar surface area (TPSA) is 349 Å². The molecule has 32 nitrogen and oxygen atoms in total. The highest BCUT2D eigenvalue weighted by atomic mass is 35.5. The van der Waals surface area contributed by atoms with Gasteiger partial charge in [-0.05, 0) is 225 Å². The molecule has 33 heteroatoms. The zero-order valence-electron chi connectivity index (χ0n) is 74.5. The van der Waals surface area contributed by atoms with Crippen molar-refractivity contribution >= 4 is 137 Å². The summed E-state index contributed by atoms with van der Waals surface area (Å²) in [6, 6.07) is 51.1. The molecule has 0 unspecified atom stereocenters. The van der Waals surface area contributed by atoms with Crippen molar-refractivity contribution in [1.29, 1.82) is 0 Å². The Kier molecular flexibility index (Phi) is 34.4. The van der Waals surface area contributed by atoms with Gasteiger partial charge in [0.2, 0.25) is 52.5 Å². The van der Waals surface area contributed by atoms with Crippen LogP contribution in [0.2, 0.25) is 5.28 Å². The number of hydrogen-bond donors (Lipinski definition) is 7. The smallest absolute Gasteiger partial charge is 0.312 e. The molecule has 0 atom stereocenters. The van der Waals surface area contributed by atoms with E-state index in [2.05, 4.69) is 151 Å². The van der Waals surface area contributed by atoms with Crippen molar-refractivity contribution in [1.82, 2.24) is 58.7 Å². The Bertz CT molecular complexity index is 5810. The number of carbonyl (C=O) groups is 5. The Labute approximate surface area is 763 Å². The van der Waals surface area contributed by atoms with E-state index in [0.29, 0.717) is 85.7 Å². The second-order valence-electron chi connectivity index (χ2n) is 32.8. The third-order valence-electron chi connectivity index (χ3n) is 21.0. The molecule has 6 aromatic heterocycles. The van der Waals surface area contributed by atoms with Crippen LogP contribution in [0.4, 0.5) is 63.1 Å². The summed E-state index contributed by atoms with van der Waals surface area (Å²) in [5.41, 5.74) is 14.0. The summed E-state index contributed by atoms with van der Waals surface area (Å²) in [4.78, 5) is 104. The molecule has 3 amide bonds. The number of ether oxygens (including phenoxy) is 6. The van der Waals surface area contributed by atoms with Crippen molar-refractivity contribution in [2.45, 2.75) is 89.1 Å². The Morgan fingerprint density at radius 3 is 1.21 bits per heavy atom. The summed E-state index contributed by atoms with van der Waals surface area (Å²) < 4.78 is 37.6. The number of rotatable bonds is 30. The van der Waals surface area contributed by atoms with Crippen LogP contribution in [0, 0.1) is 10.8 Å². The van der Waals surface area contributed by atoms with E-state index in [1.807, 2.05) is 69.3 Å². The maximum atomic E-state index is 12.5. The second kappa shape index (κ2) is 46.2. The van der Waals surface area contributed by atoms with Crippen LogP contribution >= 0.6 is 11.6 Å². The molecule has 8 N–H and O–H groups in total. The molecule has 15 rings (SSSR count). The highest BCUT2D eigenvalue weighted by Gasteiger charge is 2.28. The van der Waals surface area contributed by atoms with E-state index in [0.717, 1.165) is 121 Å². The molecular formula is C97H118ClN21O11. The number of esters is 2. The van der Waals surface area contributed by atoms with Crippen LogP contribution in [0.1, 0.15) is 75.7 Å². The number of nitrogens with two attached hydrogens (primary N) is 1. The number of aromatic nitrogens is 9. The highest BCUT2D eigenvalue weighted by Crippen LogP contribution is 2.37. The standard InChI is InChI=1S/C34H41N7O4.C28H31N7O2.C21H21ClN4O4.C13H21N3O.CH4/c1-6-16-39-18-20-40(21-19-39)26-13-11-24(12-14-26)36-33-37-30-28(15-17-41(30)23-44-32(43)34(3,4)5)31(38-33)45-27-10-8-9-25(22-27)35-29(42)7-2;1-3-14-34-15-17-35(18-16-34)22-10-8-20(9-11-22)31-28-32-26-24(12-13-29-26)27(33-28)37-23-7-5-6-21(19-23)30-25(36)4-2;1-5-16(27)23-13-7-6-8-14(11-13)30-18-15-9-10-26(17(15)24-20(22)25-18)12-29-19(28)21(2,3)4;1-17-11-10-15-6-8-16(9-7-15)13-4-2-12(14)3-5-13;/h7-15,17,22H,2,6,16,18-21,23H2,1,3-5H3,(H,35,42)(H,36,37,38);4-13,19H,2-3,14-18H2,1H3,(H,30,36)(H2,29,31,32,33);5-11H,1,12H2,2-4H3,(H,23,27);2-5H,6-11,14H2,1H3;1H4. The molecule has 0 aliphatic carbocycles. The molecule has 0 bridgehead atoms. The molecule has 3 saturated heterocycles. The molecule has 130 heavy (non-hydrogen) atoms. The largest absolute Gasteiger partial charge is 0.443 e. The predicted octanol–water partition coefficient (Wildman–Crippen LogP) is 17.5. The fourth-order valence-corrected chi connectivity index (χ4v) is 14.2. The van der Waals surface area contributed by atoms with E-state index in [1.54, 1.807) is 134 Å². The van der Waals surface area contributed by atoms with Crippen molar-refractivity contribution in [3.05, 3.63) is 226 Å². The molecule has 3 aliphatic heterocycles. The lowest BCUT2D eigenvalue weighted by Crippen LogP contribution is -2.47. The Balaban J connectivity index is 0.000000175. The van der Waals surface area contributed by atoms with Gasteiger partial charge in [-0.1, -0.05) is 59.2 Å². The van der Waals surface area contributed by atoms with Crippen molar-refractivity contribution in [2.75, 3.05) is 159 Å². The van der Waals surface area contributed by atoms with Gasteiger partial charge in [0.25, 0.3) is 0 Å². The monoisotopic (exact) mass is 1790 g/mol. The lowest BCUT2D eigenvalue weighted by atomic mass is 9.97. The fraction of sp³-hybridized carbons (Fsp3) is 0.330. The van der Waals surface area contributed by atoms with Crippen LogP contribution in [-0.2, 0) is 51.6 Å². The number of halogens is 1. The Morgan fingerprint density at radius 2 is 0.823 bits per heavy atom. The number of nitrogens with one attached hydrogen (secondary N) is 6. The van der Waals surface area contributed by atoms with Gasteiger partial charge < -0.3 is 80.4 Å². The van der Waals surface area contributed by atoms with Crippen LogP contribution in [0.25, 0.3) is 33.1 Å². The lowest BCUT2D eigenvalue weighted by Gasteiger charge is -2.36. The van der Waals surface area contributed by atoms with Gasteiger partial charge in [-0.2, -0.15) is 29.9 Å². The van der Waals surface area contributed by atoms with Crippen molar-refractivity contribution < 1.29 is 52.4 Å². The van der Waals surface area contributed by atoms with Crippen molar-refractivity contribution in [3.8, 4) is 34.9 Å². The van der Waals surface area contributed by atoms with E-state index in [9.17, 15) is 24.0 Å². The third-order valence-corrected chi connectivity index (χ3v) is 21.1. The first-order chi connectivity index (χ1) is 62.2. The molecule has 9 heterocycles. The number of H-pyrrole nitrogens is 1. The van der Waals surface area contributed by atoms with Crippen LogP contribution < -0.4 is 61.2 Å². The van der Waals surface area contributed by atoms with E-state index in [-0.39, 0.29) is 61.7 Å². The molecule has 0 spiro atoms. The Morgan fingerprint density at radius 1 is 0.454 bits per heavy atom. The van der Waals surface area contributed by atoms with E-state index in [4.69, 9.17) is 55.7 Å². The molecule has 0 saturated carbocycles. The van der Waals surface area contributed by atoms with Gasteiger partial charge in [0.1, 0.15) is 22.9 Å². The molecule has 3 fully saturated rings. The van der Waals surface area contributed by atoms with E-state index >= 15 is 0 Å². The van der Waals surface area contributed by atoms with Gasteiger partial charge in [0.15, 0.2) is 24.8 Å². The van der Waals surface area contributed by atoms with Crippen LogP contribution in [0.3, 0.4) is 0 Å². The van der Waals surface area contributed by atoms with Crippen LogP contribution in [0.5, 0.6) is 34.9 Å². The lowest BCUT2D eigenvalue weighted by molar-refractivity contribution is -0.157. The van der Waals surface area contributed by atoms with E-state index in [1.165, 1.54) is 54.7 Å². The summed E-state index contributed by atoms with van der Waals surface area (Å²) in [5, 5.41) is 16.7. The first-order valence-corrected chi connectivity index (χ1v) is 43.3. The molecule has 3 aliphatic rings. The minimum atomic E-state index is -0.639. The van der Waals surface area contributed by atoms with Gasteiger partial charge in [-0.3, -0.25) is 47.8 Å². The van der Waals surface area contributed by atoms with E-state index < -0.39 is 10.8 Å². The average molecular weight is 1790 g/mol. The molecule has 684 valence electrons. The number of fused-ring (bicyclic) bond motifs is 3. The minimum Gasteiger partial charge on any atom is -0.443 e. The summed E-state index contributed by atoms with van der Waals surface area (Å²) in [6.07, 6.45) is 11.3. The SMILES string of the molecule is C.C=CC(=O)Nc1cccc(Oc2nc(Cl)nc3c2ccn3COC(=O)C(C)(C)C)c1.C=CC(=O)Nc1cccc(Oc2nc(Nc3ccc(N4CCN(CCC)CC4)cc3)nc3[nH]ccc23)c1.C=CC(=O)Nc1cccc(Oc2nc(Nc3ccc(N4CCN(CCC)CC4)cc3)nc3c2ccn3COC(=O)C(C)(C)C)c1.COCCN1CCN(c2ccc(N)cc2)CC1. The number of benzene rings is 6. The van der Waals surface area contributed by atoms with Gasteiger partial charge in [-0.15, -0.1) is 0 Å². The van der Waals surface area contributed by atoms with Crippen LogP contribution in [-0.4, -0.2) is 200 Å². The summed E-state index contributed by atoms with van der Waals surface area (Å²) in [7, 11) is 1.75. The zero-order chi connectivity index (χ0) is 91.6. The van der Waals surface area contributed by atoms with Gasteiger partial charge in [0.05, 0.1) is 33.6 Å². The Hall–Kier alpha value is -13.9. The number of carbonyl (C=O) groups excluding carboxylic acids is 5. The number of hydrogen-bond acceptors (Lipinski definition) is 26. The van der Waals surface area contributed by atoms with Gasteiger partial charge in [0, 0.05) is 180 Å². The second-order valence-corrected chi connectivity index (χ2v) is 33.1. The minimum absolute atomic E-state index is 0. The number of anilines is 11. The molecule has 0 radical (unpaired) electrons. The number of piperazine rings is 3. The number of nitrogen functional groups attached to an aromatic ring is 1. The first-order valence-electron chi connectivity index (χ1n) is 42.9. The number of amides is 3.